The molecule has 114 valence electrons. The highest BCUT2D eigenvalue weighted by molar-refractivity contribution is 6.04. The van der Waals surface area contributed by atoms with Gasteiger partial charge in [0.25, 0.3) is 5.91 Å². The third-order valence-electron chi connectivity index (χ3n) is 3.20. The standard InChI is InChI=1S/C18H20N2O2/c1-2-3-12-17(21)19-15-10-7-11-16(13-15)20-18(22)14-8-5-4-6-9-14/h4-11,13H,2-3,12H2,1H3,(H,19,21)(H,20,22). The van der Waals surface area contributed by atoms with Gasteiger partial charge < -0.3 is 10.6 Å². The van der Waals surface area contributed by atoms with Crippen molar-refractivity contribution in [3.8, 4) is 0 Å². The Morgan fingerprint density at radius 3 is 2.27 bits per heavy atom. The van der Waals surface area contributed by atoms with Crippen molar-refractivity contribution in [3.63, 3.8) is 0 Å². The van der Waals surface area contributed by atoms with Crippen LogP contribution in [0.5, 0.6) is 0 Å². The van der Waals surface area contributed by atoms with Crippen molar-refractivity contribution in [2.75, 3.05) is 10.6 Å². The van der Waals surface area contributed by atoms with Crippen LogP contribution >= 0.6 is 0 Å². The summed E-state index contributed by atoms with van der Waals surface area (Å²) in [6, 6.07) is 16.2. The minimum absolute atomic E-state index is 0.00612. The van der Waals surface area contributed by atoms with Crippen LogP contribution < -0.4 is 10.6 Å². The summed E-state index contributed by atoms with van der Waals surface area (Å²) in [5.74, 6) is -0.177. The number of unbranched alkanes of at least 4 members (excludes halogenated alkanes) is 1. The van der Waals surface area contributed by atoms with Crippen LogP contribution in [0, 0.1) is 0 Å². The van der Waals surface area contributed by atoms with Crippen molar-refractivity contribution in [1.29, 1.82) is 0 Å². The Kier molecular flexibility index (Phi) is 5.72. The van der Waals surface area contributed by atoms with E-state index in [1.54, 1.807) is 30.3 Å². The quantitative estimate of drug-likeness (QED) is 0.844. The molecule has 0 atom stereocenters. The molecule has 0 spiro atoms. The molecule has 2 N–H and O–H groups in total. The van der Waals surface area contributed by atoms with Crippen LogP contribution in [-0.2, 0) is 4.79 Å². The Morgan fingerprint density at radius 2 is 1.59 bits per heavy atom. The summed E-state index contributed by atoms with van der Waals surface area (Å²) < 4.78 is 0. The molecule has 2 aromatic carbocycles. The van der Waals surface area contributed by atoms with E-state index in [-0.39, 0.29) is 11.8 Å². The Balaban J connectivity index is 1.99. The predicted octanol–water partition coefficient (Wildman–Crippen LogP) is 4.07. The fourth-order valence-corrected chi connectivity index (χ4v) is 2.03. The molecule has 0 bridgehead atoms. The first-order valence-electron chi connectivity index (χ1n) is 7.45. The second-order valence-electron chi connectivity index (χ2n) is 5.05. The molecule has 0 aliphatic rings. The van der Waals surface area contributed by atoms with Gasteiger partial charge in [0.2, 0.25) is 5.91 Å². The number of hydrogen-bond donors (Lipinski definition) is 2. The predicted molar refractivity (Wildman–Crippen MR) is 89.0 cm³/mol. The van der Waals surface area contributed by atoms with Gasteiger partial charge in [-0.2, -0.15) is 0 Å². The van der Waals surface area contributed by atoms with Crippen molar-refractivity contribution >= 4 is 23.2 Å². The lowest BCUT2D eigenvalue weighted by molar-refractivity contribution is -0.116. The van der Waals surface area contributed by atoms with Gasteiger partial charge in [0.15, 0.2) is 0 Å². The lowest BCUT2D eigenvalue weighted by Gasteiger charge is -2.09. The van der Waals surface area contributed by atoms with Gasteiger partial charge in [-0.15, -0.1) is 0 Å². The van der Waals surface area contributed by atoms with E-state index in [0.717, 1.165) is 12.8 Å². The normalized spacial score (nSPS) is 10.0. The first kappa shape index (κ1) is 15.8. The highest BCUT2D eigenvalue weighted by Gasteiger charge is 2.06. The topological polar surface area (TPSA) is 58.2 Å². The van der Waals surface area contributed by atoms with Crippen molar-refractivity contribution in [2.45, 2.75) is 26.2 Å². The van der Waals surface area contributed by atoms with E-state index in [1.165, 1.54) is 0 Å². The first-order valence-corrected chi connectivity index (χ1v) is 7.45. The molecule has 0 saturated heterocycles. The molecule has 2 aromatic rings. The van der Waals surface area contributed by atoms with Crippen molar-refractivity contribution in [3.05, 3.63) is 60.2 Å². The molecule has 0 unspecified atom stereocenters. The van der Waals surface area contributed by atoms with Crippen molar-refractivity contribution in [2.24, 2.45) is 0 Å². The summed E-state index contributed by atoms with van der Waals surface area (Å²) in [5, 5.41) is 5.66. The number of rotatable bonds is 6. The summed E-state index contributed by atoms with van der Waals surface area (Å²) in [5.41, 5.74) is 1.94. The number of amides is 2. The summed E-state index contributed by atoms with van der Waals surface area (Å²) in [6.45, 7) is 2.05. The molecule has 2 rings (SSSR count). The second kappa shape index (κ2) is 7.98. The summed E-state index contributed by atoms with van der Waals surface area (Å²) in [6.07, 6.45) is 2.37. The smallest absolute Gasteiger partial charge is 0.255 e. The third-order valence-corrected chi connectivity index (χ3v) is 3.20. The largest absolute Gasteiger partial charge is 0.326 e. The van der Waals surface area contributed by atoms with Gasteiger partial charge >= 0.3 is 0 Å². The fraction of sp³-hybridized carbons (Fsp3) is 0.222. The van der Waals surface area contributed by atoms with E-state index in [9.17, 15) is 9.59 Å². The minimum Gasteiger partial charge on any atom is -0.326 e. The van der Waals surface area contributed by atoms with Gasteiger partial charge in [-0.3, -0.25) is 9.59 Å². The average Bonchev–Trinajstić information content (AvgIpc) is 2.54. The SMILES string of the molecule is CCCCC(=O)Nc1cccc(NC(=O)c2ccccc2)c1. The van der Waals surface area contributed by atoms with E-state index in [4.69, 9.17) is 0 Å². The van der Waals surface area contributed by atoms with Gasteiger partial charge in [0.1, 0.15) is 0 Å². The lowest BCUT2D eigenvalue weighted by Crippen LogP contribution is -2.13. The number of benzene rings is 2. The van der Waals surface area contributed by atoms with Crippen LogP contribution in [-0.4, -0.2) is 11.8 Å². The van der Waals surface area contributed by atoms with Crippen LogP contribution in [0.3, 0.4) is 0 Å². The molecule has 2 amide bonds. The molecule has 22 heavy (non-hydrogen) atoms. The Hall–Kier alpha value is -2.62. The average molecular weight is 296 g/mol. The van der Waals surface area contributed by atoms with Crippen LogP contribution in [0.15, 0.2) is 54.6 Å². The molecule has 0 fully saturated rings. The van der Waals surface area contributed by atoms with E-state index < -0.39 is 0 Å². The van der Waals surface area contributed by atoms with E-state index in [1.807, 2.05) is 31.2 Å². The number of carbonyl (C=O) groups excluding carboxylic acids is 2. The summed E-state index contributed by atoms with van der Waals surface area (Å²) >= 11 is 0. The maximum atomic E-state index is 12.1. The molecule has 0 aliphatic carbocycles. The molecule has 0 heterocycles. The monoisotopic (exact) mass is 296 g/mol. The number of nitrogens with one attached hydrogen (secondary N) is 2. The molecule has 0 aliphatic heterocycles. The minimum atomic E-state index is -0.171. The maximum absolute atomic E-state index is 12.1. The van der Waals surface area contributed by atoms with Gasteiger partial charge in [-0.1, -0.05) is 37.6 Å². The zero-order chi connectivity index (χ0) is 15.8. The van der Waals surface area contributed by atoms with Crippen LogP contribution in [0.4, 0.5) is 11.4 Å². The van der Waals surface area contributed by atoms with Gasteiger partial charge in [-0.25, -0.2) is 0 Å². The Bertz CT molecular complexity index is 639. The molecular weight excluding hydrogens is 276 g/mol. The van der Waals surface area contributed by atoms with Crippen LogP contribution in [0.1, 0.15) is 36.5 Å². The second-order valence-corrected chi connectivity index (χ2v) is 5.05. The molecular formula is C18H20N2O2. The molecule has 4 nitrogen and oxygen atoms in total. The van der Waals surface area contributed by atoms with Gasteiger partial charge in [0.05, 0.1) is 0 Å². The van der Waals surface area contributed by atoms with Crippen molar-refractivity contribution in [1.82, 2.24) is 0 Å². The Morgan fingerprint density at radius 1 is 0.909 bits per heavy atom. The van der Waals surface area contributed by atoms with E-state index in [0.29, 0.717) is 23.4 Å². The fourth-order valence-electron chi connectivity index (χ4n) is 2.03. The number of anilines is 2. The highest BCUT2D eigenvalue weighted by Crippen LogP contribution is 2.16. The van der Waals surface area contributed by atoms with Gasteiger partial charge in [-0.05, 0) is 36.8 Å². The first-order chi connectivity index (χ1) is 10.7. The van der Waals surface area contributed by atoms with Gasteiger partial charge in [0, 0.05) is 23.4 Å². The zero-order valence-corrected chi connectivity index (χ0v) is 12.6. The summed E-state index contributed by atoms with van der Waals surface area (Å²) in [7, 11) is 0. The zero-order valence-electron chi connectivity index (χ0n) is 12.6. The summed E-state index contributed by atoms with van der Waals surface area (Å²) in [4.78, 5) is 23.8. The van der Waals surface area contributed by atoms with E-state index >= 15 is 0 Å². The van der Waals surface area contributed by atoms with E-state index in [2.05, 4.69) is 10.6 Å². The van der Waals surface area contributed by atoms with Crippen LogP contribution in [0.2, 0.25) is 0 Å². The number of hydrogen-bond acceptors (Lipinski definition) is 2. The molecule has 0 saturated carbocycles. The molecule has 4 heteroatoms. The Labute approximate surface area is 130 Å². The molecule has 0 aromatic heterocycles. The maximum Gasteiger partial charge on any atom is 0.255 e. The molecule has 0 radical (unpaired) electrons. The van der Waals surface area contributed by atoms with Crippen molar-refractivity contribution < 1.29 is 9.59 Å². The highest BCUT2D eigenvalue weighted by atomic mass is 16.2. The third kappa shape index (κ3) is 4.74. The van der Waals surface area contributed by atoms with Crippen LogP contribution in [0.25, 0.3) is 0 Å². The number of carbonyl (C=O) groups is 2. The lowest BCUT2D eigenvalue weighted by atomic mass is 10.2.